The van der Waals surface area contributed by atoms with Crippen LogP contribution in [0.15, 0.2) is 41.0 Å². The van der Waals surface area contributed by atoms with Crippen molar-refractivity contribution in [2.45, 2.75) is 20.4 Å². The van der Waals surface area contributed by atoms with Gasteiger partial charge in [-0.3, -0.25) is 9.48 Å². The molecule has 24 heavy (non-hydrogen) atoms. The van der Waals surface area contributed by atoms with Crippen molar-refractivity contribution in [3.8, 4) is 5.69 Å². The summed E-state index contributed by atoms with van der Waals surface area (Å²) < 4.78 is 16.9. The molecule has 2 aromatic heterocycles. The number of hydrogen-bond acceptors (Lipinski definition) is 3. The molecule has 0 aliphatic carbocycles. The first kappa shape index (κ1) is 16.4. The number of hydrogen-bond donors (Lipinski definition) is 1. The molecular weight excluding hydrogens is 377 g/mol. The molecule has 0 aliphatic rings. The summed E-state index contributed by atoms with van der Waals surface area (Å²) >= 11 is 3.34. The molecule has 0 bridgehead atoms. The third-order valence-electron chi connectivity index (χ3n) is 3.45. The second-order valence-corrected chi connectivity index (χ2v) is 6.02. The van der Waals surface area contributed by atoms with E-state index in [9.17, 15) is 9.18 Å². The third-order valence-corrected chi connectivity index (χ3v) is 4.03. The fourth-order valence-electron chi connectivity index (χ4n) is 2.37. The number of benzene rings is 1. The molecule has 0 saturated carbocycles. The van der Waals surface area contributed by atoms with E-state index >= 15 is 0 Å². The number of aromatic nitrogens is 4. The monoisotopic (exact) mass is 391 g/mol. The summed E-state index contributed by atoms with van der Waals surface area (Å²) in [7, 11) is 0. The van der Waals surface area contributed by atoms with Crippen LogP contribution in [-0.4, -0.2) is 25.5 Å². The molecule has 0 atom stereocenters. The Bertz CT molecular complexity index is 885. The highest BCUT2D eigenvalue weighted by Gasteiger charge is 2.19. The molecule has 1 N–H and O–H groups in total. The summed E-state index contributed by atoms with van der Waals surface area (Å²) in [5, 5.41) is 11.3. The van der Waals surface area contributed by atoms with Gasteiger partial charge in [-0.05, 0) is 54.0 Å². The van der Waals surface area contributed by atoms with Crippen LogP contribution in [0, 0.1) is 12.7 Å². The Morgan fingerprint density at radius 3 is 2.71 bits per heavy atom. The van der Waals surface area contributed by atoms with Gasteiger partial charge in [-0.1, -0.05) is 0 Å². The second kappa shape index (κ2) is 6.56. The predicted molar refractivity (Wildman–Crippen MR) is 91.8 cm³/mol. The van der Waals surface area contributed by atoms with Gasteiger partial charge in [0, 0.05) is 12.6 Å². The smallest absolute Gasteiger partial charge is 0.276 e. The zero-order valence-electron chi connectivity index (χ0n) is 13.1. The normalized spacial score (nSPS) is 10.8. The minimum Gasteiger partial charge on any atom is -0.305 e. The van der Waals surface area contributed by atoms with E-state index in [1.165, 1.54) is 12.1 Å². The molecule has 0 unspecified atom stereocenters. The maximum Gasteiger partial charge on any atom is 0.276 e. The summed E-state index contributed by atoms with van der Waals surface area (Å²) in [4.78, 5) is 12.6. The molecule has 8 heteroatoms. The van der Waals surface area contributed by atoms with E-state index < -0.39 is 0 Å². The van der Waals surface area contributed by atoms with Crippen molar-refractivity contribution < 1.29 is 9.18 Å². The quantitative estimate of drug-likeness (QED) is 0.739. The van der Waals surface area contributed by atoms with Crippen LogP contribution in [0.25, 0.3) is 5.69 Å². The van der Waals surface area contributed by atoms with Crippen molar-refractivity contribution in [3.63, 3.8) is 0 Å². The van der Waals surface area contributed by atoms with Gasteiger partial charge < -0.3 is 5.32 Å². The van der Waals surface area contributed by atoms with Gasteiger partial charge in [0.15, 0.2) is 0 Å². The Balaban J connectivity index is 1.94. The van der Waals surface area contributed by atoms with Crippen LogP contribution in [0.2, 0.25) is 0 Å². The lowest BCUT2D eigenvalue weighted by molar-refractivity contribution is 0.101. The molecule has 0 saturated heterocycles. The van der Waals surface area contributed by atoms with Crippen LogP contribution in [0.1, 0.15) is 23.1 Å². The summed E-state index contributed by atoms with van der Waals surface area (Å²) in [6.45, 7) is 4.30. The number of rotatable bonds is 4. The van der Waals surface area contributed by atoms with Crippen LogP contribution in [0.3, 0.4) is 0 Å². The predicted octanol–water partition coefficient (Wildman–Crippen LogP) is 3.55. The Kier molecular flexibility index (Phi) is 4.48. The lowest BCUT2D eigenvalue weighted by Gasteiger charge is -2.10. The van der Waals surface area contributed by atoms with Crippen LogP contribution < -0.4 is 5.32 Å². The number of amides is 1. The molecule has 1 aromatic carbocycles. The first-order valence-corrected chi connectivity index (χ1v) is 8.14. The van der Waals surface area contributed by atoms with Gasteiger partial charge in [-0.25, -0.2) is 9.07 Å². The SMILES string of the molecule is CCn1ncc(Br)c1C(=O)Nc1cc(C)nn1-c1ccc(F)cc1. The van der Waals surface area contributed by atoms with Gasteiger partial charge in [-0.2, -0.15) is 10.2 Å². The van der Waals surface area contributed by atoms with Crippen LogP contribution in [-0.2, 0) is 6.54 Å². The number of carbonyl (C=O) groups excluding carboxylic acids is 1. The van der Waals surface area contributed by atoms with E-state index in [1.54, 1.807) is 33.8 Å². The number of halogens is 2. The highest BCUT2D eigenvalue weighted by atomic mass is 79.9. The first-order valence-electron chi connectivity index (χ1n) is 7.35. The number of aryl methyl sites for hydroxylation is 2. The Morgan fingerprint density at radius 2 is 2.04 bits per heavy atom. The van der Waals surface area contributed by atoms with Gasteiger partial charge in [0.1, 0.15) is 17.3 Å². The Labute approximate surface area is 146 Å². The van der Waals surface area contributed by atoms with Gasteiger partial charge >= 0.3 is 0 Å². The lowest BCUT2D eigenvalue weighted by atomic mass is 10.3. The summed E-state index contributed by atoms with van der Waals surface area (Å²) in [6.07, 6.45) is 1.58. The molecule has 0 spiro atoms. The molecular formula is C16H15BrFN5O. The van der Waals surface area contributed by atoms with E-state index in [-0.39, 0.29) is 11.7 Å². The van der Waals surface area contributed by atoms with Gasteiger partial charge in [0.05, 0.1) is 22.1 Å². The second-order valence-electron chi connectivity index (χ2n) is 5.17. The van der Waals surface area contributed by atoms with Gasteiger partial charge in [0.2, 0.25) is 0 Å². The maximum atomic E-state index is 13.1. The van der Waals surface area contributed by atoms with Crippen molar-refractivity contribution in [1.82, 2.24) is 19.6 Å². The van der Waals surface area contributed by atoms with E-state index in [2.05, 4.69) is 31.4 Å². The molecule has 2 heterocycles. The molecule has 0 fully saturated rings. The summed E-state index contributed by atoms with van der Waals surface area (Å²) in [5.74, 6) is -0.131. The van der Waals surface area contributed by atoms with Gasteiger partial charge in [0.25, 0.3) is 5.91 Å². The summed E-state index contributed by atoms with van der Waals surface area (Å²) in [6, 6.07) is 7.65. The first-order chi connectivity index (χ1) is 11.5. The molecule has 3 rings (SSSR count). The van der Waals surface area contributed by atoms with Crippen molar-refractivity contribution in [2.24, 2.45) is 0 Å². The van der Waals surface area contributed by atoms with E-state index in [0.29, 0.717) is 28.2 Å². The highest BCUT2D eigenvalue weighted by Crippen LogP contribution is 2.21. The number of carbonyl (C=O) groups is 1. The van der Waals surface area contributed by atoms with Crippen LogP contribution >= 0.6 is 15.9 Å². The fourth-order valence-corrected chi connectivity index (χ4v) is 2.85. The molecule has 0 aliphatic heterocycles. The number of anilines is 1. The number of nitrogens with zero attached hydrogens (tertiary/aromatic N) is 4. The topological polar surface area (TPSA) is 64.7 Å². The van der Waals surface area contributed by atoms with E-state index in [0.717, 1.165) is 5.69 Å². The maximum absolute atomic E-state index is 13.1. The molecule has 3 aromatic rings. The zero-order valence-corrected chi connectivity index (χ0v) is 14.7. The Hall–Kier alpha value is -2.48. The number of nitrogens with one attached hydrogen (secondary N) is 1. The largest absolute Gasteiger partial charge is 0.305 e. The average Bonchev–Trinajstić information content (AvgIpc) is 3.10. The fraction of sp³-hybridized carbons (Fsp3) is 0.188. The van der Waals surface area contributed by atoms with E-state index in [4.69, 9.17) is 0 Å². The zero-order chi connectivity index (χ0) is 17.3. The third kappa shape index (κ3) is 3.09. The molecule has 124 valence electrons. The summed E-state index contributed by atoms with van der Waals surface area (Å²) in [5.41, 5.74) is 1.82. The highest BCUT2D eigenvalue weighted by molar-refractivity contribution is 9.10. The van der Waals surface area contributed by atoms with E-state index in [1.807, 2.05) is 13.8 Å². The Morgan fingerprint density at radius 1 is 1.33 bits per heavy atom. The average molecular weight is 392 g/mol. The van der Waals surface area contributed by atoms with Crippen molar-refractivity contribution in [1.29, 1.82) is 0 Å². The minimum atomic E-state index is -0.330. The van der Waals surface area contributed by atoms with Crippen molar-refractivity contribution in [2.75, 3.05) is 5.32 Å². The van der Waals surface area contributed by atoms with Crippen LogP contribution in [0.5, 0.6) is 0 Å². The van der Waals surface area contributed by atoms with Gasteiger partial charge in [-0.15, -0.1) is 0 Å². The van der Waals surface area contributed by atoms with Crippen molar-refractivity contribution >= 4 is 27.7 Å². The molecule has 6 nitrogen and oxygen atoms in total. The molecule has 0 radical (unpaired) electrons. The lowest BCUT2D eigenvalue weighted by Crippen LogP contribution is -2.19. The van der Waals surface area contributed by atoms with Crippen LogP contribution in [0.4, 0.5) is 10.2 Å². The molecule has 1 amide bonds. The minimum absolute atomic E-state index is 0.301. The standard InChI is InChI=1S/C16H15BrFN5O/c1-3-22-15(13(17)9-19-22)16(24)20-14-8-10(2)21-23(14)12-6-4-11(18)5-7-12/h4-9H,3H2,1-2H3,(H,20,24). The van der Waals surface area contributed by atoms with Crippen molar-refractivity contribution in [3.05, 3.63) is 58.2 Å².